The molecular formula is C18H16Br2O3. The molecule has 0 saturated heterocycles. The second-order valence-electron chi connectivity index (χ2n) is 5.42. The average Bonchev–Trinajstić information content (AvgIpc) is 2.92. The van der Waals surface area contributed by atoms with E-state index in [9.17, 15) is 4.79 Å². The minimum Gasteiger partial charge on any atom is -0.494 e. The summed E-state index contributed by atoms with van der Waals surface area (Å²) in [4.78, 5) is 13.1. The molecule has 23 heavy (non-hydrogen) atoms. The van der Waals surface area contributed by atoms with Crippen molar-refractivity contribution in [3.8, 4) is 11.5 Å². The molecule has 3 rings (SSSR count). The lowest BCUT2D eigenvalue weighted by Gasteiger charge is -2.17. The molecular weight excluding hydrogens is 424 g/mol. The van der Waals surface area contributed by atoms with E-state index in [-0.39, 0.29) is 17.8 Å². The molecule has 0 aromatic heterocycles. The Kier molecular flexibility index (Phi) is 4.78. The molecule has 0 aliphatic carbocycles. The van der Waals surface area contributed by atoms with Gasteiger partial charge in [-0.15, -0.1) is 0 Å². The first-order valence-electron chi connectivity index (χ1n) is 7.39. The van der Waals surface area contributed by atoms with Crippen LogP contribution in [0.15, 0.2) is 45.3 Å². The highest BCUT2D eigenvalue weighted by Gasteiger charge is 2.38. The molecule has 1 heterocycles. The predicted octanol–water partition coefficient (Wildman–Crippen LogP) is 5.36. The van der Waals surface area contributed by atoms with Gasteiger partial charge < -0.3 is 9.47 Å². The highest BCUT2D eigenvalue weighted by Crippen LogP contribution is 2.42. The van der Waals surface area contributed by atoms with E-state index in [1.807, 2.05) is 31.2 Å². The molecule has 2 atom stereocenters. The maximum atomic E-state index is 13.1. The van der Waals surface area contributed by atoms with Gasteiger partial charge in [0.05, 0.1) is 22.0 Å². The third kappa shape index (κ3) is 2.92. The molecule has 1 aliphatic heterocycles. The molecule has 0 bridgehead atoms. The van der Waals surface area contributed by atoms with Crippen molar-refractivity contribution in [2.75, 3.05) is 7.11 Å². The van der Waals surface area contributed by atoms with Crippen LogP contribution in [-0.2, 0) is 0 Å². The Morgan fingerprint density at radius 2 is 1.87 bits per heavy atom. The van der Waals surface area contributed by atoms with E-state index >= 15 is 0 Å². The molecule has 0 spiro atoms. The molecule has 3 nitrogen and oxygen atoms in total. The highest BCUT2D eigenvalue weighted by molar-refractivity contribution is 9.11. The predicted molar refractivity (Wildman–Crippen MR) is 96.6 cm³/mol. The number of ether oxygens (including phenoxy) is 2. The van der Waals surface area contributed by atoms with Crippen LogP contribution in [0.4, 0.5) is 0 Å². The van der Waals surface area contributed by atoms with E-state index in [4.69, 9.17) is 9.47 Å². The first kappa shape index (κ1) is 16.5. The molecule has 0 radical (unpaired) electrons. The van der Waals surface area contributed by atoms with Crippen molar-refractivity contribution >= 4 is 37.6 Å². The van der Waals surface area contributed by atoms with Gasteiger partial charge in [-0.2, -0.15) is 0 Å². The van der Waals surface area contributed by atoms with Crippen molar-refractivity contribution in [3.05, 3.63) is 56.5 Å². The zero-order valence-electron chi connectivity index (χ0n) is 12.8. The number of methoxy groups -OCH3 is 1. The lowest BCUT2D eigenvalue weighted by Crippen LogP contribution is -2.25. The van der Waals surface area contributed by atoms with Crippen molar-refractivity contribution in [2.45, 2.75) is 25.4 Å². The first-order chi connectivity index (χ1) is 11.1. The molecule has 0 amide bonds. The van der Waals surface area contributed by atoms with Gasteiger partial charge in [0.25, 0.3) is 0 Å². The fraction of sp³-hybridized carbons (Fsp3) is 0.278. The molecule has 120 valence electrons. The summed E-state index contributed by atoms with van der Waals surface area (Å²) in [6, 6.07) is 11.4. The van der Waals surface area contributed by atoms with E-state index in [0.717, 1.165) is 26.7 Å². The Bertz CT molecular complexity index is 735. The molecule has 0 fully saturated rings. The van der Waals surface area contributed by atoms with Crippen LogP contribution < -0.4 is 9.47 Å². The molecule has 0 saturated carbocycles. The minimum atomic E-state index is -0.275. The summed E-state index contributed by atoms with van der Waals surface area (Å²) in [6.45, 7) is 2.04. The van der Waals surface area contributed by atoms with Gasteiger partial charge in [-0.05, 0) is 56.5 Å². The summed E-state index contributed by atoms with van der Waals surface area (Å²) in [6.07, 6.45) is 0.656. The van der Waals surface area contributed by atoms with Crippen LogP contribution in [0.25, 0.3) is 0 Å². The van der Waals surface area contributed by atoms with Gasteiger partial charge in [-0.3, -0.25) is 4.79 Å². The smallest absolute Gasteiger partial charge is 0.174 e. The Morgan fingerprint density at radius 1 is 1.22 bits per heavy atom. The number of carbonyl (C=O) groups excluding carboxylic acids is 1. The maximum Gasteiger partial charge on any atom is 0.174 e. The number of hydrogen-bond donors (Lipinski definition) is 0. The number of fused-ring (bicyclic) bond motifs is 1. The number of Topliss-reactive ketones (excluding diaryl/α,β-unsaturated/α-hetero) is 1. The lowest BCUT2D eigenvalue weighted by molar-refractivity contribution is 0.0893. The van der Waals surface area contributed by atoms with Crippen LogP contribution in [0.1, 0.15) is 35.2 Å². The number of halogens is 2. The van der Waals surface area contributed by atoms with Gasteiger partial charge in [-0.25, -0.2) is 0 Å². The molecule has 0 N–H and O–H groups in total. The summed E-state index contributed by atoms with van der Waals surface area (Å²) in [5.41, 5.74) is 1.60. The van der Waals surface area contributed by atoms with Crippen LogP contribution in [0.3, 0.4) is 0 Å². The quantitative estimate of drug-likeness (QED) is 0.601. The summed E-state index contributed by atoms with van der Waals surface area (Å²) in [5, 5.41) is 0. The SMILES string of the molecule is CCC1Oc2ccccc2C1C(=O)c1cc(Br)c(OC)c(Br)c1. The van der Waals surface area contributed by atoms with Gasteiger partial charge in [0.1, 0.15) is 17.6 Å². The van der Waals surface area contributed by atoms with E-state index in [2.05, 4.69) is 31.9 Å². The van der Waals surface area contributed by atoms with Gasteiger partial charge in [0.15, 0.2) is 5.78 Å². The number of rotatable bonds is 4. The fourth-order valence-corrected chi connectivity index (χ4v) is 4.49. The van der Waals surface area contributed by atoms with Crippen molar-refractivity contribution in [1.29, 1.82) is 0 Å². The van der Waals surface area contributed by atoms with Gasteiger partial charge >= 0.3 is 0 Å². The van der Waals surface area contributed by atoms with E-state index in [0.29, 0.717) is 11.3 Å². The zero-order chi connectivity index (χ0) is 16.6. The third-order valence-corrected chi connectivity index (χ3v) is 5.25. The first-order valence-corrected chi connectivity index (χ1v) is 8.98. The van der Waals surface area contributed by atoms with Crippen LogP contribution >= 0.6 is 31.9 Å². The Balaban J connectivity index is 2.03. The van der Waals surface area contributed by atoms with Crippen molar-refractivity contribution < 1.29 is 14.3 Å². The summed E-state index contributed by atoms with van der Waals surface area (Å²) < 4.78 is 12.7. The molecule has 2 aromatic rings. The highest BCUT2D eigenvalue weighted by atomic mass is 79.9. The van der Waals surface area contributed by atoms with Crippen LogP contribution in [-0.4, -0.2) is 19.0 Å². The second-order valence-corrected chi connectivity index (χ2v) is 7.13. The van der Waals surface area contributed by atoms with Gasteiger partial charge in [0, 0.05) is 11.1 Å². The average molecular weight is 440 g/mol. The third-order valence-electron chi connectivity index (χ3n) is 4.08. The molecule has 2 aromatic carbocycles. The zero-order valence-corrected chi connectivity index (χ0v) is 16.0. The summed E-state index contributed by atoms with van der Waals surface area (Å²) in [7, 11) is 1.60. The van der Waals surface area contributed by atoms with Crippen LogP contribution in [0.5, 0.6) is 11.5 Å². The number of ketones is 1. The molecule has 1 aliphatic rings. The van der Waals surface area contributed by atoms with E-state index in [1.54, 1.807) is 19.2 Å². The number of carbonyl (C=O) groups is 1. The minimum absolute atomic E-state index is 0.0610. The summed E-state index contributed by atoms with van der Waals surface area (Å²) >= 11 is 6.92. The lowest BCUT2D eigenvalue weighted by atomic mass is 9.87. The number of hydrogen-bond acceptors (Lipinski definition) is 3. The van der Waals surface area contributed by atoms with Crippen LogP contribution in [0, 0.1) is 0 Å². The van der Waals surface area contributed by atoms with E-state index in [1.165, 1.54) is 0 Å². The number of para-hydroxylation sites is 1. The monoisotopic (exact) mass is 438 g/mol. The Labute approximate surface area is 152 Å². The normalized spacial score (nSPS) is 19.1. The Hall–Kier alpha value is -1.33. The fourth-order valence-electron chi connectivity index (χ4n) is 2.98. The van der Waals surface area contributed by atoms with Crippen LogP contribution in [0.2, 0.25) is 0 Å². The van der Waals surface area contributed by atoms with Crippen molar-refractivity contribution in [2.24, 2.45) is 0 Å². The number of benzene rings is 2. The molecule has 2 unspecified atom stereocenters. The largest absolute Gasteiger partial charge is 0.494 e. The van der Waals surface area contributed by atoms with Gasteiger partial charge in [0.2, 0.25) is 0 Å². The topological polar surface area (TPSA) is 35.5 Å². The van der Waals surface area contributed by atoms with E-state index < -0.39 is 0 Å². The van der Waals surface area contributed by atoms with Gasteiger partial charge in [-0.1, -0.05) is 25.1 Å². The van der Waals surface area contributed by atoms with Crippen molar-refractivity contribution in [3.63, 3.8) is 0 Å². The molecule has 5 heteroatoms. The van der Waals surface area contributed by atoms with Crippen molar-refractivity contribution in [1.82, 2.24) is 0 Å². The standard InChI is InChI=1S/C18H16Br2O3/c1-3-14-16(11-6-4-5-7-15(11)23-14)17(21)10-8-12(19)18(22-2)13(20)9-10/h4-9,14,16H,3H2,1-2H3. The second kappa shape index (κ2) is 6.65. The summed E-state index contributed by atoms with van der Waals surface area (Å²) in [5.74, 6) is 1.27. The Morgan fingerprint density at radius 3 is 2.48 bits per heavy atom. The maximum absolute atomic E-state index is 13.1.